The number of aryl methyl sites for hydroxylation is 2. The predicted octanol–water partition coefficient (Wildman–Crippen LogP) is 2.96. The lowest BCUT2D eigenvalue weighted by atomic mass is 10.1. The molecule has 6 nitrogen and oxygen atoms in total. The second-order valence-corrected chi connectivity index (χ2v) is 7.09. The minimum Gasteiger partial charge on any atom is -0.490 e. The summed E-state index contributed by atoms with van der Waals surface area (Å²) in [6.07, 6.45) is 5.01. The van der Waals surface area contributed by atoms with Gasteiger partial charge in [-0.1, -0.05) is 0 Å². The number of ether oxygens (including phenoxy) is 1. The molecule has 1 aliphatic carbocycles. The minimum atomic E-state index is -0.213. The summed E-state index contributed by atoms with van der Waals surface area (Å²) in [4.78, 5) is 21.3. The van der Waals surface area contributed by atoms with E-state index < -0.39 is 0 Å². The highest BCUT2D eigenvalue weighted by atomic mass is 16.5. The number of amides is 2. The predicted molar refractivity (Wildman–Crippen MR) is 99.8 cm³/mol. The fourth-order valence-corrected chi connectivity index (χ4v) is 3.76. The first-order chi connectivity index (χ1) is 12.6. The summed E-state index contributed by atoms with van der Waals surface area (Å²) in [5.41, 5.74) is 5.50. The number of hydrogen-bond acceptors (Lipinski definition) is 4. The second-order valence-electron chi connectivity index (χ2n) is 7.09. The second kappa shape index (κ2) is 6.94. The van der Waals surface area contributed by atoms with E-state index in [1.54, 1.807) is 0 Å². The number of fused-ring (bicyclic) bond motifs is 2. The van der Waals surface area contributed by atoms with Crippen LogP contribution < -0.4 is 15.4 Å². The molecule has 2 heterocycles. The molecule has 0 bridgehead atoms. The van der Waals surface area contributed by atoms with E-state index in [0.29, 0.717) is 13.0 Å². The Kier molecular flexibility index (Phi) is 4.49. The quantitative estimate of drug-likeness (QED) is 0.887. The summed E-state index contributed by atoms with van der Waals surface area (Å²) in [6.45, 7) is 4.60. The standard InChI is InChI=1S/C20H24N4O2/c1-12-10-14-11-15(6-7-18(14)26-12)23-20(25)21-9-8-19-22-13(2)16-4-3-5-17(16)24-19/h6-7,11-12H,3-5,8-10H2,1-2H3,(H2,21,23,25). The van der Waals surface area contributed by atoms with E-state index in [1.807, 2.05) is 32.0 Å². The molecule has 0 radical (unpaired) electrons. The van der Waals surface area contributed by atoms with Crippen LogP contribution in [0.2, 0.25) is 0 Å². The molecule has 0 saturated carbocycles. The van der Waals surface area contributed by atoms with Crippen molar-refractivity contribution in [2.75, 3.05) is 11.9 Å². The molecular weight excluding hydrogens is 328 g/mol. The van der Waals surface area contributed by atoms with Crippen LogP contribution in [0.15, 0.2) is 18.2 Å². The zero-order valence-corrected chi connectivity index (χ0v) is 15.3. The van der Waals surface area contributed by atoms with E-state index in [9.17, 15) is 4.79 Å². The number of anilines is 1. The average molecular weight is 352 g/mol. The molecule has 0 fully saturated rings. The summed E-state index contributed by atoms with van der Waals surface area (Å²) in [6, 6.07) is 5.54. The molecule has 2 N–H and O–H groups in total. The van der Waals surface area contributed by atoms with Gasteiger partial charge >= 0.3 is 6.03 Å². The van der Waals surface area contributed by atoms with E-state index in [1.165, 1.54) is 17.7 Å². The summed E-state index contributed by atoms with van der Waals surface area (Å²) >= 11 is 0. The van der Waals surface area contributed by atoms with Gasteiger partial charge in [-0.05, 0) is 62.4 Å². The van der Waals surface area contributed by atoms with Gasteiger partial charge in [0, 0.05) is 36.5 Å². The third kappa shape index (κ3) is 3.49. The van der Waals surface area contributed by atoms with Crippen molar-refractivity contribution in [1.29, 1.82) is 0 Å². The maximum absolute atomic E-state index is 12.1. The first-order valence-corrected chi connectivity index (χ1v) is 9.28. The topological polar surface area (TPSA) is 76.1 Å². The highest BCUT2D eigenvalue weighted by Gasteiger charge is 2.19. The molecule has 2 amide bonds. The number of nitrogens with one attached hydrogen (secondary N) is 2. The Morgan fingerprint density at radius 2 is 2.19 bits per heavy atom. The number of urea groups is 1. The van der Waals surface area contributed by atoms with Gasteiger partial charge in [0.05, 0.1) is 0 Å². The van der Waals surface area contributed by atoms with E-state index in [4.69, 9.17) is 4.74 Å². The van der Waals surface area contributed by atoms with Crippen molar-refractivity contribution in [3.8, 4) is 5.75 Å². The number of carbonyl (C=O) groups is 1. The summed E-state index contributed by atoms with van der Waals surface area (Å²) in [7, 11) is 0. The first-order valence-electron chi connectivity index (χ1n) is 9.28. The minimum absolute atomic E-state index is 0.199. The molecule has 4 rings (SSSR count). The fraction of sp³-hybridized carbons (Fsp3) is 0.450. The SMILES string of the molecule is Cc1nc(CCNC(=O)Nc2ccc3c(c2)CC(C)O3)nc2c1CCC2. The van der Waals surface area contributed by atoms with Gasteiger partial charge in [0.15, 0.2) is 0 Å². The lowest BCUT2D eigenvalue weighted by Crippen LogP contribution is -2.30. The zero-order chi connectivity index (χ0) is 18.1. The molecule has 0 saturated heterocycles. The molecule has 26 heavy (non-hydrogen) atoms. The molecule has 1 aromatic carbocycles. The Labute approximate surface area is 153 Å². The Balaban J connectivity index is 1.30. The van der Waals surface area contributed by atoms with Gasteiger partial charge in [0.2, 0.25) is 0 Å². The molecule has 1 aliphatic heterocycles. The van der Waals surface area contributed by atoms with Crippen LogP contribution in [0.25, 0.3) is 0 Å². The van der Waals surface area contributed by atoms with Gasteiger partial charge in [0.25, 0.3) is 0 Å². The van der Waals surface area contributed by atoms with Crippen LogP contribution in [-0.2, 0) is 25.7 Å². The van der Waals surface area contributed by atoms with Crippen molar-refractivity contribution in [3.63, 3.8) is 0 Å². The van der Waals surface area contributed by atoms with E-state index in [0.717, 1.165) is 47.8 Å². The number of nitrogens with zero attached hydrogens (tertiary/aromatic N) is 2. The summed E-state index contributed by atoms with van der Waals surface area (Å²) in [5, 5.41) is 5.76. The van der Waals surface area contributed by atoms with Crippen LogP contribution in [0.1, 0.15) is 41.7 Å². The first kappa shape index (κ1) is 16.8. The molecule has 2 aliphatic rings. The summed E-state index contributed by atoms with van der Waals surface area (Å²) in [5.74, 6) is 1.72. The molecular formula is C20H24N4O2. The highest BCUT2D eigenvalue weighted by Crippen LogP contribution is 2.30. The van der Waals surface area contributed by atoms with E-state index in [-0.39, 0.29) is 12.1 Å². The van der Waals surface area contributed by atoms with Crippen molar-refractivity contribution in [2.24, 2.45) is 0 Å². The van der Waals surface area contributed by atoms with Gasteiger partial charge in [0.1, 0.15) is 17.7 Å². The van der Waals surface area contributed by atoms with Gasteiger partial charge in [-0.2, -0.15) is 0 Å². The monoisotopic (exact) mass is 352 g/mol. The largest absolute Gasteiger partial charge is 0.490 e. The van der Waals surface area contributed by atoms with Crippen molar-refractivity contribution in [1.82, 2.24) is 15.3 Å². The van der Waals surface area contributed by atoms with Crippen molar-refractivity contribution in [2.45, 2.75) is 52.1 Å². The molecule has 0 spiro atoms. The van der Waals surface area contributed by atoms with Crippen LogP contribution in [0.5, 0.6) is 5.75 Å². The van der Waals surface area contributed by atoms with E-state index in [2.05, 4.69) is 20.6 Å². The average Bonchev–Trinajstić information content (AvgIpc) is 3.20. The number of benzene rings is 1. The number of rotatable bonds is 4. The van der Waals surface area contributed by atoms with Gasteiger partial charge < -0.3 is 15.4 Å². The van der Waals surface area contributed by atoms with Crippen molar-refractivity contribution < 1.29 is 9.53 Å². The Bertz CT molecular complexity index is 850. The molecule has 6 heteroatoms. The smallest absolute Gasteiger partial charge is 0.319 e. The normalized spacial score (nSPS) is 17.4. The third-order valence-electron chi connectivity index (χ3n) is 4.97. The maximum atomic E-state index is 12.1. The van der Waals surface area contributed by atoms with Gasteiger partial charge in [-0.15, -0.1) is 0 Å². The number of carbonyl (C=O) groups excluding carboxylic acids is 1. The Morgan fingerprint density at radius 1 is 1.31 bits per heavy atom. The lowest BCUT2D eigenvalue weighted by molar-refractivity contribution is 0.252. The number of aromatic nitrogens is 2. The van der Waals surface area contributed by atoms with Crippen molar-refractivity contribution >= 4 is 11.7 Å². The van der Waals surface area contributed by atoms with E-state index >= 15 is 0 Å². The highest BCUT2D eigenvalue weighted by molar-refractivity contribution is 5.89. The van der Waals surface area contributed by atoms with Crippen LogP contribution in [0, 0.1) is 6.92 Å². The van der Waals surface area contributed by atoms with Gasteiger partial charge in [-0.3, -0.25) is 0 Å². The van der Waals surface area contributed by atoms with Crippen LogP contribution in [0.3, 0.4) is 0 Å². The summed E-state index contributed by atoms with van der Waals surface area (Å²) < 4.78 is 5.68. The molecule has 2 aromatic rings. The Hall–Kier alpha value is -2.63. The zero-order valence-electron chi connectivity index (χ0n) is 15.3. The molecule has 136 valence electrons. The van der Waals surface area contributed by atoms with Gasteiger partial charge in [-0.25, -0.2) is 14.8 Å². The van der Waals surface area contributed by atoms with Crippen molar-refractivity contribution in [3.05, 3.63) is 46.5 Å². The number of hydrogen-bond donors (Lipinski definition) is 2. The third-order valence-corrected chi connectivity index (χ3v) is 4.97. The van der Waals surface area contributed by atoms with Crippen LogP contribution in [-0.4, -0.2) is 28.6 Å². The molecule has 1 aromatic heterocycles. The molecule has 1 atom stereocenters. The lowest BCUT2D eigenvalue weighted by Gasteiger charge is -2.10. The van der Waals surface area contributed by atoms with Crippen LogP contribution in [0.4, 0.5) is 10.5 Å². The van der Waals surface area contributed by atoms with Crippen LogP contribution >= 0.6 is 0 Å². The molecule has 1 unspecified atom stereocenters. The maximum Gasteiger partial charge on any atom is 0.319 e. The Morgan fingerprint density at radius 3 is 3.08 bits per heavy atom. The fourth-order valence-electron chi connectivity index (χ4n) is 3.76.